The second kappa shape index (κ2) is 7.25. The first-order valence-electron chi connectivity index (χ1n) is 7.65. The third kappa shape index (κ3) is 3.93. The smallest absolute Gasteiger partial charge is 0.185 e. The summed E-state index contributed by atoms with van der Waals surface area (Å²) in [6, 6.07) is 0. The van der Waals surface area contributed by atoms with Crippen LogP contribution >= 0.6 is 11.3 Å². The van der Waals surface area contributed by atoms with Gasteiger partial charge >= 0.3 is 0 Å². The van der Waals surface area contributed by atoms with E-state index in [1.165, 1.54) is 47.9 Å². The van der Waals surface area contributed by atoms with E-state index in [2.05, 4.69) is 31.1 Å². The normalized spacial score (nSPS) is 15.5. The zero-order valence-corrected chi connectivity index (χ0v) is 13.4. The molecule has 3 nitrogen and oxygen atoms in total. The topological polar surface area (TPSA) is 28.2 Å². The van der Waals surface area contributed by atoms with Crippen molar-refractivity contribution in [2.75, 3.05) is 25.0 Å². The molecule has 0 atom stereocenters. The Bertz CT molecular complexity index is 385. The molecule has 1 N–H and O–H groups in total. The maximum atomic E-state index is 4.82. The summed E-state index contributed by atoms with van der Waals surface area (Å²) >= 11 is 1.87. The average Bonchev–Trinajstić information content (AvgIpc) is 2.77. The standard InChI is InChI=1S/C15H27N3S/c1-4-9-16-10-14-13(5-2)17-15(19-14)18(3)11-12-7-6-8-12/h12,16H,4-11H2,1-3H3. The van der Waals surface area contributed by atoms with Crippen molar-refractivity contribution in [2.45, 2.75) is 52.5 Å². The summed E-state index contributed by atoms with van der Waals surface area (Å²) in [5.41, 5.74) is 1.28. The van der Waals surface area contributed by atoms with Gasteiger partial charge in [0.15, 0.2) is 5.13 Å². The van der Waals surface area contributed by atoms with Gasteiger partial charge in [0.05, 0.1) is 5.69 Å². The minimum Gasteiger partial charge on any atom is -0.351 e. The Morgan fingerprint density at radius 2 is 2.16 bits per heavy atom. The second-order valence-corrected chi connectivity index (χ2v) is 6.64. The highest BCUT2D eigenvalue weighted by atomic mass is 32.1. The van der Waals surface area contributed by atoms with Crippen LogP contribution in [0.25, 0.3) is 0 Å². The minimum atomic E-state index is 0.903. The Morgan fingerprint density at radius 3 is 2.74 bits per heavy atom. The van der Waals surface area contributed by atoms with Crippen molar-refractivity contribution < 1.29 is 0 Å². The fourth-order valence-corrected chi connectivity index (χ4v) is 3.56. The molecule has 19 heavy (non-hydrogen) atoms. The Morgan fingerprint density at radius 1 is 1.37 bits per heavy atom. The van der Waals surface area contributed by atoms with Crippen molar-refractivity contribution in [1.29, 1.82) is 0 Å². The lowest BCUT2D eigenvalue weighted by molar-refractivity contribution is 0.321. The average molecular weight is 281 g/mol. The quantitative estimate of drug-likeness (QED) is 0.740. The zero-order chi connectivity index (χ0) is 13.7. The van der Waals surface area contributed by atoms with Crippen LogP contribution in [0.2, 0.25) is 0 Å². The molecule has 0 aliphatic heterocycles. The molecule has 1 aliphatic rings. The molecule has 1 aliphatic carbocycles. The van der Waals surface area contributed by atoms with E-state index in [1.807, 2.05) is 11.3 Å². The van der Waals surface area contributed by atoms with Crippen LogP contribution in [0.3, 0.4) is 0 Å². The first-order chi connectivity index (χ1) is 9.24. The van der Waals surface area contributed by atoms with E-state index in [0.29, 0.717) is 0 Å². The monoisotopic (exact) mass is 281 g/mol. The van der Waals surface area contributed by atoms with E-state index in [4.69, 9.17) is 4.98 Å². The molecule has 0 bridgehead atoms. The van der Waals surface area contributed by atoms with Crippen molar-refractivity contribution in [3.63, 3.8) is 0 Å². The molecule has 0 aromatic carbocycles. The third-order valence-corrected chi connectivity index (χ3v) is 5.11. The van der Waals surface area contributed by atoms with Gasteiger partial charge in [-0.25, -0.2) is 4.98 Å². The number of anilines is 1. The molecule has 1 aromatic heterocycles. The number of aryl methyl sites for hydroxylation is 1. The van der Waals surface area contributed by atoms with Gasteiger partial charge in [-0.1, -0.05) is 20.3 Å². The minimum absolute atomic E-state index is 0.903. The van der Waals surface area contributed by atoms with E-state index in [-0.39, 0.29) is 0 Å². The fourth-order valence-electron chi connectivity index (χ4n) is 2.47. The van der Waals surface area contributed by atoms with Gasteiger partial charge in [-0.2, -0.15) is 0 Å². The predicted octanol–water partition coefficient (Wildman–Crippen LogP) is 3.44. The fraction of sp³-hybridized carbons (Fsp3) is 0.800. The summed E-state index contributed by atoms with van der Waals surface area (Å²) in [7, 11) is 2.19. The Kier molecular flexibility index (Phi) is 5.64. The van der Waals surface area contributed by atoms with Gasteiger partial charge in [-0.15, -0.1) is 11.3 Å². The lowest BCUT2D eigenvalue weighted by Gasteiger charge is -2.29. The van der Waals surface area contributed by atoms with Gasteiger partial charge in [0, 0.05) is 25.0 Å². The highest BCUT2D eigenvalue weighted by Gasteiger charge is 2.21. The van der Waals surface area contributed by atoms with E-state index < -0.39 is 0 Å². The van der Waals surface area contributed by atoms with Crippen molar-refractivity contribution in [3.05, 3.63) is 10.6 Å². The van der Waals surface area contributed by atoms with Crippen LogP contribution in [0.15, 0.2) is 0 Å². The molecule has 0 unspecified atom stereocenters. The summed E-state index contributed by atoms with van der Waals surface area (Å²) in [4.78, 5) is 8.60. The van der Waals surface area contributed by atoms with Gasteiger partial charge in [-0.05, 0) is 38.1 Å². The predicted molar refractivity (Wildman–Crippen MR) is 84.1 cm³/mol. The maximum absolute atomic E-state index is 4.82. The highest BCUT2D eigenvalue weighted by Crippen LogP contribution is 2.31. The molecule has 1 fully saturated rings. The van der Waals surface area contributed by atoms with E-state index in [0.717, 1.165) is 25.4 Å². The number of thiazole rings is 1. The third-order valence-electron chi connectivity index (χ3n) is 3.90. The largest absolute Gasteiger partial charge is 0.351 e. The summed E-state index contributed by atoms with van der Waals surface area (Å²) in [6.07, 6.45) is 6.46. The Labute approximate surface area is 121 Å². The molecule has 1 aromatic rings. The number of hydrogen-bond donors (Lipinski definition) is 1. The van der Waals surface area contributed by atoms with Crippen molar-refractivity contribution in [3.8, 4) is 0 Å². The summed E-state index contributed by atoms with van der Waals surface area (Å²) in [5, 5.41) is 4.70. The van der Waals surface area contributed by atoms with Crippen LogP contribution < -0.4 is 10.2 Å². The second-order valence-electron chi connectivity index (χ2n) is 5.57. The number of rotatable bonds is 8. The van der Waals surface area contributed by atoms with Crippen molar-refractivity contribution in [1.82, 2.24) is 10.3 Å². The van der Waals surface area contributed by atoms with Crippen LogP contribution in [0.4, 0.5) is 5.13 Å². The van der Waals surface area contributed by atoms with Crippen LogP contribution in [-0.2, 0) is 13.0 Å². The van der Waals surface area contributed by atoms with E-state index >= 15 is 0 Å². The summed E-state index contributed by atoms with van der Waals surface area (Å²) in [5.74, 6) is 0.903. The van der Waals surface area contributed by atoms with Crippen molar-refractivity contribution >= 4 is 16.5 Å². The number of aromatic nitrogens is 1. The maximum Gasteiger partial charge on any atom is 0.185 e. The first-order valence-corrected chi connectivity index (χ1v) is 8.46. The van der Waals surface area contributed by atoms with Gasteiger partial charge < -0.3 is 10.2 Å². The molecular formula is C15H27N3S. The molecular weight excluding hydrogens is 254 g/mol. The number of nitrogens with zero attached hydrogens (tertiary/aromatic N) is 2. The lowest BCUT2D eigenvalue weighted by Crippen LogP contribution is -2.29. The van der Waals surface area contributed by atoms with Gasteiger partial charge in [0.2, 0.25) is 0 Å². The molecule has 108 valence electrons. The molecule has 0 spiro atoms. The van der Waals surface area contributed by atoms with Crippen LogP contribution in [0, 0.1) is 5.92 Å². The van der Waals surface area contributed by atoms with Gasteiger partial charge in [0.25, 0.3) is 0 Å². The number of nitrogens with one attached hydrogen (secondary N) is 1. The van der Waals surface area contributed by atoms with Gasteiger partial charge in [-0.3, -0.25) is 0 Å². The lowest BCUT2D eigenvalue weighted by atomic mass is 9.85. The molecule has 1 saturated carbocycles. The van der Waals surface area contributed by atoms with E-state index in [9.17, 15) is 0 Å². The molecule has 0 saturated heterocycles. The van der Waals surface area contributed by atoms with Crippen molar-refractivity contribution in [2.24, 2.45) is 5.92 Å². The molecule has 1 heterocycles. The molecule has 2 rings (SSSR count). The number of hydrogen-bond acceptors (Lipinski definition) is 4. The Balaban J connectivity index is 1.95. The van der Waals surface area contributed by atoms with Crippen LogP contribution in [0.1, 0.15) is 50.1 Å². The highest BCUT2D eigenvalue weighted by molar-refractivity contribution is 7.15. The summed E-state index contributed by atoms with van der Waals surface area (Å²) < 4.78 is 0. The zero-order valence-electron chi connectivity index (χ0n) is 12.5. The first kappa shape index (κ1) is 14.8. The molecule has 0 amide bonds. The van der Waals surface area contributed by atoms with Gasteiger partial charge in [0.1, 0.15) is 0 Å². The Hall–Kier alpha value is -0.610. The van der Waals surface area contributed by atoms with Crippen LogP contribution in [0.5, 0.6) is 0 Å². The van der Waals surface area contributed by atoms with E-state index in [1.54, 1.807) is 0 Å². The molecule has 0 radical (unpaired) electrons. The SMILES string of the molecule is CCCNCc1sc(N(C)CC2CCC2)nc1CC. The molecule has 4 heteroatoms. The van der Waals surface area contributed by atoms with Crippen LogP contribution in [-0.4, -0.2) is 25.1 Å². The summed E-state index contributed by atoms with van der Waals surface area (Å²) in [6.45, 7) is 7.66.